The molecule has 3 N–H and O–H groups in total. The van der Waals surface area contributed by atoms with Gasteiger partial charge in [0.1, 0.15) is 0 Å². The first kappa shape index (κ1) is 12.5. The maximum atomic E-state index is 11.7. The fourth-order valence-corrected chi connectivity index (χ4v) is 3.54. The molecule has 5 heteroatoms. The monoisotopic (exact) mass is 255 g/mol. The number of sulfone groups is 1. The van der Waals surface area contributed by atoms with Crippen molar-refractivity contribution in [3.63, 3.8) is 0 Å². The van der Waals surface area contributed by atoms with Gasteiger partial charge in [-0.15, -0.1) is 0 Å². The van der Waals surface area contributed by atoms with E-state index in [0.717, 1.165) is 11.1 Å². The lowest BCUT2D eigenvalue weighted by Gasteiger charge is -2.15. The predicted octanol–water partition coefficient (Wildman–Crippen LogP) is 0.712. The third-order valence-electron chi connectivity index (χ3n) is 3.46. The minimum Gasteiger partial charge on any atom is -0.387 e. The number of hydrogen-bond donors (Lipinski definition) is 2. The summed E-state index contributed by atoms with van der Waals surface area (Å²) in [7, 11) is -3.07. The molecule has 4 nitrogen and oxygen atoms in total. The Morgan fingerprint density at radius 3 is 2.24 bits per heavy atom. The van der Waals surface area contributed by atoms with Gasteiger partial charge in [-0.2, -0.15) is 0 Å². The van der Waals surface area contributed by atoms with Crippen molar-refractivity contribution in [2.75, 3.05) is 12.8 Å². The average Bonchev–Trinajstić information content (AvgIpc) is 3.08. The van der Waals surface area contributed by atoms with E-state index in [4.69, 9.17) is 5.73 Å². The second-order valence-electron chi connectivity index (χ2n) is 4.64. The van der Waals surface area contributed by atoms with Gasteiger partial charge in [0.15, 0.2) is 9.84 Å². The Morgan fingerprint density at radius 1 is 1.35 bits per heavy atom. The number of rotatable bonds is 4. The SMILES string of the molecule is CS(=O)(=O)C1(c2ccc(C(O)CN)cc2)CC1. The summed E-state index contributed by atoms with van der Waals surface area (Å²) < 4.78 is 22.8. The molecule has 1 unspecified atom stereocenters. The molecule has 0 aliphatic heterocycles. The van der Waals surface area contributed by atoms with Crippen LogP contribution in [0.4, 0.5) is 0 Å². The van der Waals surface area contributed by atoms with E-state index in [9.17, 15) is 13.5 Å². The van der Waals surface area contributed by atoms with Gasteiger partial charge < -0.3 is 10.8 Å². The Labute approximate surface area is 101 Å². The molecule has 0 aromatic heterocycles. The van der Waals surface area contributed by atoms with Crippen LogP contribution in [0.15, 0.2) is 24.3 Å². The van der Waals surface area contributed by atoms with Crippen LogP contribution >= 0.6 is 0 Å². The normalized spacial score (nSPS) is 19.9. The molecular formula is C12H17NO3S. The van der Waals surface area contributed by atoms with Crippen LogP contribution in [0.2, 0.25) is 0 Å². The van der Waals surface area contributed by atoms with E-state index < -0.39 is 20.7 Å². The van der Waals surface area contributed by atoms with Crippen LogP contribution in [0, 0.1) is 0 Å². The summed E-state index contributed by atoms with van der Waals surface area (Å²) >= 11 is 0. The van der Waals surface area contributed by atoms with Crippen LogP contribution in [0.5, 0.6) is 0 Å². The van der Waals surface area contributed by atoms with Crippen molar-refractivity contribution in [2.45, 2.75) is 23.7 Å². The van der Waals surface area contributed by atoms with E-state index >= 15 is 0 Å². The highest BCUT2D eigenvalue weighted by molar-refractivity contribution is 7.92. The lowest BCUT2D eigenvalue weighted by atomic mass is 10.0. The molecule has 0 heterocycles. The van der Waals surface area contributed by atoms with Crippen LogP contribution in [0.1, 0.15) is 30.1 Å². The second-order valence-corrected chi connectivity index (χ2v) is 6.97. The van der Waals surface area contributed by atoms with Crippen molar-refractivity contribution in [3.05, 3.63) is 35.4 Å². The van der Waals surface area contributed by atoms with Crippen molar-refractivity contribution in [1.29, 1.82) is 0 Å². The molecule has 0 spiro atoms. The molecule has 1 aromatic carbocycles. The number of benzene rings is 1. The van der Waals surface area contributed by atoms with Crippen LogP contribution < -0.4 is 5.73 Å². The minimum absolute atomic E-state index is 0.163. The van der Waals surface area contributed by atoms with Crippen molar-refractivity contribution in [1.82, 2.24) is 0 Å². The molecule has 0 radical (unpaired) electrons. The summed E-state index contributed by atoms with van der Waals surface area (Å²) in [6.07, 6.45) is 1.97. The summed E-state index contributed by atoms with van der Waals surface area (Å²) in [6.45, 7) is 0.163. The highest BCUT2D eigenvalue weighted by Gasteiger charge is 2.53. The van der Waals surface area contributed by atoms with Crippen molar-refractivity contribution in [2.24, 2.45) is 5.73 Å². The standard InChI is InChI=1S/C12H17NO3S/c1-17(15,16)12(6-7-12)10-4-2-9(3-5-10)11(14)8-13/h2-5,11,14H,6-8,13H2,1H3. The molecule has 1 saturated carbocycles. The Kier molecular flexibility index (Phi) is 3.01. The molecular weight excluding hydrogens is 238 g/mol. The van der Waals surface area contributed by atoms with Gasteiger partial charge in [0.2, 0.25) is 0 Å². The van der Waals surface area contributed by atoms with Gasteiger partial charge >= 0.3 is 0 Å². The molecule has 0 saturated heterocycles. The molecule has 0 bridgehead atoms. The maximum Gasteiger partial charge on any atom is 0.157 e. The smallest absolute Gasteiger partial charge is 0.157 e. The number of aliphatic hydroxyl groups excluding tert-OH is 1. The van der Waals surface area contributed by atoms with Gasteiger partial charge in [-0.3, -0.25) is 0 Å². The quantitative estimate of drug-likeness (QED) is 0.830. The molecule has 1 aromatic rings. The first-order valence-corrected chi connectivity index (χ1v) is 7.48. The van der Waals surface area contributed by atoms with Crippen LogP contribution in [0.3, 0.4) is 0 Å². The fourth-order valence-electron chi connectivity index (χ4n) is 2.13. The zero-order chi connectivity index (χ0) is 12.7. The van der Waals surface area contributed by atoms with Crippen LogP contribution in [-0.4, -0.2) is 26.3 Å². The van der Waals surface area contributed by atoms with E-state index in [2.05, 4.69) is 0 Å². The van der Waals surface area contributed by atoms with Gasteiger partial charge in [-0.1, -0.05) is 24.3 Å². The minimum atomic E-state index is -3.07. The molecule has 1 aliphatic rings. The Balaban J connectivity index is 2.31. The van der Waals surface area contributed by atoms with E-state index in [1.165, 1.54) is 6.26 Å². The summed E-state index contributed by atoms with van der Waals surface area (Å²) in [5, 5.41) is 9.56. The molecule has 17 heavy (non-hydrogen) atoms. The summed E-state index contributed by atoms with van der Waals surface area (Å²) in [6, 6.07) is 7.06. The van der Waals surface area contributed by atoms with Gasteiger partial charge in [0, 0.05) is 12.8 Å². The average molecular weight is 255 g/mol. The number of hydrogen-bond acceptors (Lipinski definition) is 4. The van der Waals surface area contributed by atoms with Gasteiger partial charge in [-0.25, -0.2) is 8.42 Å². The summed E-state index contributed by atoms with van der Waals surface area (Å²) in [5.74, 6) is 0. The zero-order valence-corrected chi connectivity index (χ0v) is 10.6. The molecule has 2 rings (SSSR count). The highest BCUT2D eigenvalue weighted by Crippen LogP contribution is 2.52. The lowest BCUT2D eigenvalue weighted by molar-refractivity contribution is 0.186. The first-order valence-electron chi connectivity index (χ1n) is 5.59. The van der Waals surface area contributed by atoms with Gasteiger partial charge in [-0.05, 0) is 24.0 Å². The third-order valence-corrected chi connectivity index (χ3v) is 5.52. The fraction of sp³-hybridized carbons (Fsp3) is 0.500. The molecule has 0 amide bonds. The van der Waals surface area contributed by atoms with Gasteiger partial charge in [0.05, 0.1) is 10.9 Å². The molecule has 1 aliphatic carbocycles. The van der Waals surface area contributed by atoms with E-state index in [1.54, 1.807) is 24.3 Å². The lowest BCUT2D eigenvalue weighted by Crippen LogP contribution is -2.19. The molecule has 94 valence electrons. The second kappa shape index (κ2) is 4.08. The number of nitrogens with two attached hydrogens (primary N) is 1. The van der Waals surface area contributed by atoms with E-state index in [-0.39, 0.29) is 6.54 Å². The maximum absolute atomic E-state index is 11.7. The Hall–Kier alpha value is -0.910. The van der Waals surface area contributed by atoms with Crippen molar-refractivity contribution < 1.29 is 13.5 Å². The van der Waals surface area contributed by atoms with Gasteiger partial charge in [0.25, 0.3) is 0 Å². The van der Waals surface area contributed by atoms with Crippen LogP contribution in [0.25, 0.3) is 0 Å². The Morgan fingerprint density at radius 2 is 1.88 bits per heavy atom. The predicted molar refractivity (Wildman–Crippen MR) is 66.2 cm³/mol. The third kappa shape index (κ3) is 2.10. The Bertz CT molecular complexity index is 503. The first-order chi connectivity index (χ1) is 7.90. The largest absolute Gasteiger partial charge is 0.387 e. The number of aliphatic hydroxyl groups is 1. The topological polar surface area (TPSA) is 80.4 Å². The van der Waals surface area contributed by atoms with Crippen molar-refractivity contribution >= 4 is 9.84 Å². The zero-order valence-electron chi connectivity index (χ0n) is 9.76. The van der Waals surface area contributed by atoms with E-state index in [0.29, 0.717) is 12.8 Å². The summed E-state index contributed by atoms with van der Waals surface area (Å²) in [4.78, 5) is 0. The molecule has 1 fully saturated rings. The highest BCUT2D eigenvalue weighted by atomic mass is 32.2. The molecule has 1 atom stereocenters. The summed E-state index contributed by atoms with van der Waals surface area (Å²) in [5.41, 5.74) is 6.90. The van der Waals surface area contributed by atoms with Crippen LogP contribution in [-0.2, 0) is 14.6 Å². The van der Waals surface area contributed by atoms with E-state index in [1.807, 2.05) is 0 Å². The van der Waals surface area contributed by atoms with Crippen molar-refractivity contribution in [3.8, 4) is 0 Å².